The number of hydrogen-bond acceptors (Lipinski definition) is 5. The Morgan fingerprint density at radius 2 is 1.88 bits per heavy atom. The third-order valence-corrected chi connectivity index (χ3v) is 6.30. The first-order valence-corrected chi connectivity index (χ1v) is 11.2. The number of nitrogens with zero attached hydrogens (tertiary/aromatic N) is 3. The maximum absolute atomic E-state index is 9.70. The Kier molecular flexibility index (Phi) is 6.34. The molecule has 0 saturated heterocycles. The van der Waals surface area contributed by atoms with Crippen molar-refractivity contribution in [1.82, 2.24) is 9.97 Å². The molecule has 0 radical (unpaired) electrons. The highest BCUT2D eigenvalue weighted by Gasteiger charge is 2.28. The van der Waals surface area contributed by atoms with Crippen molar-refractivity contribution in [2.45, 2.75) is 58.2 Å². The van der Waals surface area contributed by atoms with Crippen LogP contribution in [0.2, 0.25) is 5.02 Å². The fourth-order valence-corrected chi connectivity index (χ4v) is 3.95. The summed E-state index contributed by atoms with van der Waals surface area (Å²) in [5.74, 6) is 1.99. The summed E-state index contributed by atoms with van der Waals surface area (Å²) in [6.07, 6.45) is 5.08. The molecule has 0 amide bonds. The van der Waals surface area contributed by atoms with Gasteiger partial charge in [0.25, 0.3) is 0 Å². The molecule has 1 aliphatic rings. The second-order valence-electron chi connectivity index (χ2n) is 8.65. The minimum atomic E-state index is -0.355. The van der Waals surface area contributed by atoms with Gasteiger partial charge < -0.3 is 9.47 Å². The predicted molar refractivity (Wildman–Crippen MR) is 124 cm³/mol. The molecular weight excluding hydrogens is 422 g/mol. The Bertz CT molecular complexity index is 1150. The molecule has 32 heavy (non-hydrogen) atoms. The molecule has 1 heterocycles. The summed E-state index contributed by atoms with van der Waals surface area (Å²) in [6.45, 7) is 6.48. The van der Waals surface area contributed by atoms with Crippen LogP contribution in [-0.4, -0.2) is 16.1 Å². The van der Waals surface area contributed by atoms with E-state index < -0.39 is 0 Å². The summed E-state index contributed by atoms with van der Waals surface area (Å²) in [6, 6.07) is 15.9. The number of benzene rings is 2. The number of rotatable bonds is 7. The topological polar surface area (TPSA) is 68.0 Å². The van der Waals surface area contributed by atoms with Crippen molar-refractivity contribution >= 4 is 11.6 Å². The van der Waals surface area contributed by atoms with Crippen LogP contribution in [0.4, 0.5) is 0 Å². The van der Waals surface area contributed by atoms with Crippen molar-refractivity contribution in [3.8, 4) is 17.6 Å². The second kappa shape index (κ2) is 9.18. The standard InChI is InChI=1S/C26H26ClN3O2/c1-17-29-12-11-21(30-17)16-31-22-9-7-19(8-10-22)26(2,3)20-13-18(15-28)25(24(27)14-20)32-23-5-4-6-23/h7-14,23H,4-6,16H2,1-3H3. The highest BCUT2D eigenvalue weighted by atomic mass is 35.5. The summed E-state index contributed by atoms with van der Waals surface area (Å²) in [5, 5.41) is 10.2. The number of aromatic nitrogens is 2. The van der Waals surface area contributed by atoms with Crippen LogP contribution >= 0.6 is 11.6 Å². The first-order valence-electron chi connectivity index (χ1n) is 10.8. The molecule has 6 heteroatoms. The van der Waals surface area contributed by atoms with Gasteiger partial charge in [-0.15, -0.1) is 0 Å². The minimum Gasteiger partial charge on any atom is -0.487 e. The number of hydrogen-bond donors (Lipinski definition) is 0. The lowest BCUT2D eigenvalue weighted by Crippen LogP contribution is -2.25. The molecule has 1 aromatic heterocycles. The van der Waals surface area contributed by atoms with Gasteiger partial charge in [-0.2, -0.15) is 5.26 Å². The van der Waals surface area contributed by atoms with Gasteiger partial charge in [-0.3, -0.25) is 0 Å². The van der Waals surface area contributed by atoms with E-state index in [-0.39, 0.29) is 11.5 Å². The Balaban J connectivity index is 1.52. The van der Waals surface area contributed by atoms with E-state index in [1.54, 1.807) is 6.20 Å². The van der Waals surface area contributed by atoms with Gasteiger partial charge in [-0.05, 0) is 67.6 Å². The van der Waals surface area contributed by atoms with Crippen LogP contribution in [0.3, 0.4) is 0 Å². The van der Waals surface area contributed by atoms with Crippen molar-refractivity contribution in [1.29, 1.82) is 5.26 Å². The zero-order chi connectivity index (χ0) is 22.7. The van der Waals surface area contributed by atoms with Gasteiger partial charge in [-0.1, -0.05) is 37.6 Å². The van der Waals surface area contributed by atoms with E-state index in [9.17, 15) is 5.26 Å². The molecule has 5 nitrogen and oxygen atoms in total. The number of aryl methyl sites for hydroxylation is 1. The van der Waals surface area contributed by atoms with Gasteiger partial charge in [-0.25, -0.2) is 9.97 Å². The monoisotopic (exact) mass is 447 g/mol. The zero-order valence-electron chi connectivity index (χ0n) is 18.6. The molecule has 1 saturated carbocycles. The lowest BCUT2D eigenvalue weighted by molar-refractivity contribution is 0.120. The number of ether oxygens (including phenoxy) is 2. The highest BCUT2D eigenvalue weighted by Crippen LogP contribution is 2.40. The first-order chi connectivity index (χ1) is 15.4. The van der Waals surface area contributed by atoms with Crippen LogP contribution in [0.15, 0.2) is 48.7 Å². The summed E-state index contributed by atoms with van der Waals surface area (Å²) in [5.41, 5.74) is 3.02. The van der Waals surface area contributed by atoms with Gasteiger partial charge in [0.2, 0.25) is 0 Å². The van der Waals surface area contributed by atoms with Crippen LogP contribution in [0.1, 0.15) is 61.3 Å². The molecule has 4 rings (SSSR count). The maximum atomic E-state index is 9.70. The maximum Gasteiger partial charge on any atom is 0.156 e. The lowest BCUT2D eigenvalue weighted by atomic mass is 9.77. The normalized spacial score (nSPS) is 13.8. The minimum absolute atomic E-state index is 0.164. The summed E-state index contributed by atoms with van der Waals surface area (Å²) in [7, 11) is 0. The molecule has 0 atom stereocenters. The van der Waals surface area contributed by atoms with E-state index in [4.69, 9.17) is 21.1 Å². The van der Waals surface area contributed by atoms with Crippen LogP contribution < -0.4 is 9.47 Å². The van der Waals surface area contributed by atoms with Gasteiger partial charge in [0.1, 0.15) is 24.3 Å². The van der Waals surface area contributed by atoms with Gasteiger partial charge >= 0.3 is 0 Å². The second-order valence-corrected chi connectivity index (χ2v) is 9.06. The van der Waals surface area contributed by atoms with E-state index in [1.165, 1.54) is 0 Å². The van der Waals surface area contributed by atoms with Crippen LogP contribution in [-0.2, 0) is 12.0 Å². The fraction of sp³-hybridized carbons (Fsp3) is 0.346. The van der Waals surface area contributed by atoms with Gasteiger partial charge in [0, 0.05) is 11.6 Å². The zero-order valence-corrected chi connectivity index (χ0v) is 19.3. The van der Waals surface area contributed by atoms with E-state index >= 15 is 0 Å². The highest BCUT2D eigenvalue weighted by molar-refractivity contribution is 6.32. The quantitative estimate of drug-likeness (QED) is 0.434. The van der Waals surface area contributed by atoms with Crippen LogP contribution in [0, 0.1) is 18.3 Å². The largest absolute Gasteiger partial charge is 0.487 e. The molecular formula is C26H26ClN3O2. The fourth-order valence-electron chi connectivity index (χ4n) is 3.69. The first kappa shape index (κ1) is 22.1. The van der Waals surface area contributed by atoms with Crippen molar-refractivity contribution in [3.05, 3.63) is 81.9 Å². The van der Waals surface area contributed by atoms with Crippen molar-refractivity contribution in [2.24, 2.45) is 0 Å². The Morgan fingerprint density at radius 1 is 1.12 bits per heavy atom. The molecule has 1 fully saturated rings. The van der Waals surface area contributed by atoms with Gasteiger partial charge in [0.15, 0.2) is 5.75 Å². The molecule has 1 aliphatic carbocycles. The Morgan fingerprint density at radius 3 is 2.50 bits per heavy atom. The van der Waals surface area contributed by atoms with Crippen molar-refractivity contribution < 1.29 is 9.47 Å². The Labute approximate surface area is 194 Å². The molecule has 0 bridgehead atoms. The lowest BCUT2D eigenvalue weighted by Gasteiger charge is -2.30. The summed E-state index contributed by atoms with van der Waals surface area (Å²) >= 11 is 6.56. The SMILES string of the molecule is Cc1nccc(COc2ccc(C(C)(C)c3cc(Cl)c(OC4CCC4)c(C#N)c3)cc2)n1. The summed E-state index contributed by atoms with van der Waals surface area (Å²) in [4.78, 5) is 8.46. The average molecular weight is 448 g/mol. The molecule has 0 N–H and O–H groups in total. The summed E-state index contributed by atoms with van der Waals surface area (Å²) < 4.78 is 11.9. The average Bonchev–Trinajstić information content (AvgIpc) is 2.75. The third-order valence-electron chi connectivity index (χ3n) is 6.02. The molecule has 2 aromatic carbocycles. The molecule has 164 valence electrons. The Hall–Kier alpha value is -3.10. The number of nitriles is 1. The van der Waals surface area contributed by atoms with E-state index in [1.807, 2.05) is 49.4 Å². The van der Waals surface area contributed by atoms with Gasteiger partial charge in [0.05, 0.1) is 22.4 Å². The third kappa shape index (κ3) is 4.71. The van der Waals surface area contributed by atoms with Crippen molar-refractivity contribution in [3.63, 3.8) is 0 Å². The van der Waals surface area contributed by atoms with Crippen molar-refractivity contribution in [2.75, 3.05) is 0 Å². The van der Waals surface area contributed by atoms with Crippen LogP contribution in [0.25, 0.3) is 0 Å². The number of halogens is 1. The predicted octanol–water partition coefficient (Wildman–Crippen LogP) is 6.15. The van der Waals surface area contributed by atoms with E-state index in [0.717, 1.165) is 47.7 Å². The van der Waals surface area contributed by atoms with Crippen LogP contribution in [0.5, 0.6) is 11.5 Å². The van der Waals surface area contributed by atoms with E-state index in [2.05, 4.69) is 29.9 Å². The smallest absolute Gasteiger partial charge is 0.156 e. The molecule has 0 spiro atoms. The molecule has 0 aliphatic heterocycles. The van der Waals surface area contributed by atoms with E-state index in [0.29, 0.717) is 22.9 Å². The molecule has 0 unspecified atom stereocenters. The molecule has 3 aromatic rings.